The minimum absolute atomic E-state index is 0.00111. The Kier molecular flexibility index (Phi) is 2.62. The highest BCUT2D eigenvalue weighted by Crippen LogP contribution is 2.30. The Hall–Kier alpha value is -1.51. The molecule has 1 aromatic carbocycles. The second kappa shape index (κ2) is 3.93. The van der Waals surface area contributed by atoms with Gasteiger partial charge in [-0.15, -0.1) is 0 Å². The summed E-state index contributed by atoms with van der Waals surface area (Å²) in [6.45, 7) is 4.03. The van der Waals surface area contributed by atoms with Crippen LogP contribution in [0.2, 0.25) is 0 Å². The number of ketones is 1. The molecule has 0 fully saturated rings. The van der Waals surface area contributed by atoms with Crippen molar-refractivity contribution in [3.05, 3.63) is 24.3 Å². The van der Waals surface area contributed by atoms with Gasteiger partial charge in [0.05, 0.1) is 0 Å². The molecule has 0 bridgehead atoms. The van der Waals surface area contributed by atoms with Crippen LogP contribution in [-0.2, 0) is 4.79 Å². The molecule has 0 aliphatic carbocycles. The smallest absolute Gasteiger partial charge is 0.210 e. The van der Waals surface area contributed by atoms with Gasteiger partial charge in [-0.05, 0) is 18.1 Å². The lowest BCUT2D eigenvalue weighted by Crippen LogP contribution is -2.34. The van der Waals surface area contributed by atoms with Gasteiger partial charge in [-0.1, -0.05) is 26.0 Å². The van der Waals surface area contributed by atoms with Crippen LogP contribution in [0.15, 0.2) is 24.3 Å². The predicted octanol–water partition coefficient (Wildman–Crippen LogP) is 2.05. The fourth-order valence-corrected chi connectivity index (χ4v) is 1.61. The maximum atomic E-state index is 11.7. The van der Waals surface area contributed by atoms with E-state index in [2.05, 4.69) is 0 Å². The molecule has 1 atom stereocenters. The van der Waals surface area contributed by atoms with Crippen LogP contribution in [0.1, 0.15) is 13.8 Å². The number of Topliss-reactive ketones (excluding diaryl/α,β-unsaturated/α-hetero) is 1. The number of carbonyl (C=O) groups excluding carboxylic acids is 1. The zero-order valence-electron chi connectivity index (χ0n) is 8.90. The van der Waals surface area contributed by atoms with Crippen LogP contribution in [0, 0.1) is 5.92 Å². The van der Waals surface area contributed by atoms with E-state index in [9.17, 15) is 4.79 Å². The van der Waals surface area contributed by atoms with Crippen molar-refractivity contribution in [1.29, 1.82) is 0 Å². The van der Waals surface area contributed by atoms with Crippen LogP contribution in [0.25, 0.3) is 0 Å². The van der Waals surface area contributed by atoms with Gasteiger partial charge in [-0.3, -0.25) is 4.79 Å². The largest absolute Gasteiger partial charge is 0.482 e. The second-order valence-electron chi connectivity index (χ2n) is 3.98. The Labute approximate surface area is 89.0 Å². The molecule has 1 aliphatic rings. The van der Waals surface area contributed by atoms with E-state index in [0.717, 1.165) is 0 Å². The van der Waals surface area contributed by atoms with Crippen LogP contribution >= 0.6 is 0 Å². The predicted molar refractivity (Wildman–Crippen MR) is 56.2 cm³/mol. The Bertz CT molecular complexity index is 371. The number of ether oxygens (including phenoxy) is 2. The fourth-order valence-electron chi connectivity index (χ4n) is 1.61. The van der Waals surface area contributed by atoms with E-state index in [-0.39, 0.29) is 18.3 Å². The number of hydrogen-bond donors (Lipinski definition) is 0. The van der Waals surface area contributed by atoms with Crippen LogP contribution in [0.3, 0.4) is 0 Å². The second-order valence-corrected chi connectivity index (χ2v) is 3.98. The highest BCUT2D eigenvalue weighted by Gasteiger charge is 2.28. The van der Waals surface area contributed by atoms with Crippen molar-refractivity contribution in [2.45, 2.75) is 20.0 Å². The molecular weight excluding hydrogens is 192 g/mol. The highest BCUT2D eigenvalue weighted by molar-refractivity contribution is 5.85. The standard InChI is InChI=1S/C12H14O3/c1-8(2)12-9(13)7-14-10-5-3-4-6-11(10)15-12/h3-6,8,12H,7H2,1-2H3. The van der Waals surface area contributed by atoms with Gasteiger partial charge in [0.1, 0.15) is 0 Å². The van der Waals surface area contributed by atoms with E-state index in [4.69, 9.17) is 9.47 Å². The molecule has 0 saturated heterocycles. The van der Waals surface area contributed by atoms with E-state index < -0.39 is 6.10 Å². The Morgan fingerprint density at radius 2 is 1.93 bits per heavy atom. The van der Waals surface area contributed by atoms with Crippen molar-refractivity contribution >= 4 is 5.78 Å². The third kappa shape index (κ3) is 1.96. The first-order valence-electron chi connectivity index (χ1n) is 5.09. The van der Waals surface area contributed by atoms with E-state index in [0.29, 0.717) is 11.5 Å². The summed E-state index contributed by atoms with van der Waals surface area (Å²) in [7, 11) is 0. The van der Waals surface area contributed by atoms with Crippen molar-refractivity contribution in [1.82, 2.24) is 0 Å². The van der Waals surface area contributed by atoms with Gasteiger partial charge >= 0.3 is 0 Å². The minimum atomic E-state index is -0.395. The van der Waals surface area contributed by atoms with Crippen LogP contribution < -0.4 is 9.47 Å². The Balaban J connectivity index is 2.31. The summed E-state index contributed by atoms with van der Waals surface area (Å²) in [4.78, 5) is 11.7. The molecule has 0 amide bonds. The van der Waals surface area contributed by atoms with Gasteiger partial charge in [0, 0.05) is 0 Å². The molecule has 1 aliphatic heterocycles. The van der Waals surface area contributed by atoms with Gasteiger partial charge in [0.25, 0.3) is 0 Å². The summed E-state index contributed by atoms with van der Waals surface area (Å²) in [5.41, 5.74) is 0. The van der Waals surface area contributed by atoms with E-state index in [1.807, 2.05) is 38.1 Å². The molecule has 2 rings (SSSR count). The lowest BCUT2D eigenvalue weighted by atomic mass is 10.0. The normalized spacial score (nSPS) is 20.2. The first-order valence-corrected chi connectivity index (χ1v) is 5.09. The molecule has 3 nitrogen and oxygen atoms in total. The molecule has 0 radical (unpaired) electrons. The summed E-state index contributed by atoms with van der Waals surface area (Å²) >= 11 is 0. The van der Waals surface area contributed by atoms with Gasteiger partial charge in [0.15, 0.2) is 24.2 Å². The van der Waals surface area contributed by atoms with Crippen molar-refractivity contribution in [2.75, 3.05) is 6.61 Å². The number of benzene rings is 1. The molecule has 80 valence electrons. The SMILES string of the molecule is CC(C)C1Oc2ccccc2OCC1=O. The van der Waals surface area contributed by atoms with Crippen LogP contribution in [-0.4, -0.2) is 18.5 Å². The number of para-hydroxylation sites is 2. The average molecular weight is 206 g/mol. The maximum absolute atomic E-state index is 11.7. The summed E-state index contributed by atoms with van der Waals surface area (Å²) in [6.07, 6.45) is -0.395. The first kappa shape index (κ1) is 10.0. The summed E-state index contributed by atoms with van der Waals surface area (Å²) in [5.74, 6) is 1.46. The van der Waals surface area contributed by atoms with Gasteiger partial charge in [0.2, 0.25) is 5.78 Å². The number of hydrogen-bond acceptors (Lipinski definition) is 3. The lowest BCUT2D eigenvalue weighted by Gasteiger charge is -2.17. The first-order chi connectivity index (χ1) is 7.18. The van der Waals surface area contributed by atoms with E-state index in [1.165, 1.54) is 0 Å². The monoisotopic (exact) mass is 206 g/mol. The summed E-state index contributed by atoms with van der Waals surface area (Å²) < 4.78 is 11.0. The quantitative estimate of drug-likeness (QED) is 0.705. The highest BCUT2D eigenvalue weighted by atomic mass is 16.5. The minimum Gasteiger partial charge on any atom is -0.482 e. The van der Waals surface area contributed by atoms with Gasteiger partial charge in [-0.25, -0.2) is 0 Å². The van der Waals surface area contributed by atoms with E-state index in [1.54, 1.807) is 0 Å². The number of carbonyl (C=O) groups is 1. The maximum Gasteiger partial charge on any atom is 0.210 e. The number of fused-ring (bicyclic) bond motifs is 1. The summed E-state index contributed by atoms with van der Waals surface area (Å²) in [5, 5.41) is 0. The topological polar surface area (TPSA) is 35.5 Å². The molecule has 0 N–H and O–H groups in total. The van der Waals surface area contributed by atoms with Crippen LogP contribution in [0.4, 0.5) is 0 Å². The third-order valence-electron chi connectivity index (χ3n) is 2.40. The van der Waals surface area contributed by atoms with Crippen molar-refractivity contribution in [2.24, 2.45) is 5.92 Å². The van der Waals surface area contributed by atoms with Crippen molar-refractivity contribution in [3.63, 3.8) is 0 Å². The molecule has 0 spiro atoms. The van der Waals surface area contributed by atoms with Crippen molar-refractivity contribution < 1.29 is 14.3 Å². The molecule has 0 saturated carbocycles. The van der Waals surface area contributed by atoms with Crippen LogP contribution in [0.5, 0.6) is 11.5 Å². The average Bonchev–Trinajstić information content (AvgIpc) is 2.39. The molecular formula is C12H14O3. The zero-order valence-corrected chi connectivity index (χ0v) is 8.90. The van der Waals surface area contributed by atoms with Crippen molar-refractivity contribution in [3.8, 4) is 11.5 Å². The Morgan fingerprint density at radius 1 is 1.27 bits per heavy atom. The number of rotatable bonds is 1. The van der Waals surface area contributed by atoms with Gasteiger partial charge < -0.3 is 9.47 Å². The lowest BCUT2D eigenvalue weighted by molar-refractivity contribution is -0.128. The zero-order chi connectivity index (χ0) is 10.8. The molecule has 1 aromatic rings. The third-order valence-corrected chi connectivity index (χ3v) is 2.40. The fraction of sp³-hybridized carbons (Fsp3) is 0.417. The Morgan fingerprint density at radius 3 is 2.60 bits per heavy atom. The molecule has 3 heteroatoms. The molecule has 15 heavy (non-hydrogen) atoms. The van der Waals surface area contributed by atoms with Gasteiger partial charge in [-0.2, -0.15) is 0 Å². The molecule has 1 unspecified atom stereocenters. The molecule has 0 aromatic heterocycles. The van der Waals surface area contributed by atoms with E-state index >= 15 is 0 Å². The molecule has 1 heterocycles. The summed E-state index contributed by atoms with van der Waals surface area (Å²) in [6, 6.07) is 7.37.